The van der Waals surface area contributed by atoms with Crippen LogP contribution in [0.2, 0.25) is 0 Å². The molecule has 110 valence electrons. The van der Waals surface area contributed by atoms with E-state index in [2.05, 4.69) is 27.0 Å². The second kappa shape index (κ2) is 6.39. The molecule has 2 aliphatic rings. The summed E-state index contributed by atoms with van der Waals surface area (Å²) in [6.07, 6.45) is 8.73. The molecule has 0 spiro atoms. The fourth-order valence-corrected chi connectivity index (χ4v) is 3.26. The number of hydrogen-bond donors (Lipinski definition) is 1. The number of nitrogens with one attached hydrogen (secondary N) is 1. The number of nitrogens with zero attached hydrogens (tertiary/aromatic N) is 4. The molecule has 0 amide bonds. The second-order valence-corrected chi connectivity index (χ2v) is 5.82. The summed E-state index contributed by atoms with van der Waals surface area (Å²) < 4.78 is 0. The van der Waals surface area contributed by atoms with Crippen LogP contribution in [0.1, 0.15) is 32.6 Å². The van der Waals surface area contributed by atoms with E-state index in [9.17, 15) is 0 Å². The lowest BCUT2D eigenvalue weighted by atomic mass is 10.2. The fourth-order valence-electron chi connectivity index (χ4n) is 3.26. The van der Waals surface area contributed by atoms with Crippen molar-refractivity contribution in [2.45, 2.75) is 38.6 Å². The molecule has 2 fully saturated rings. The van der Waals surface area contributed by atoms with Gasteiger partial charge in [-0.2, -0.15) is 0 Å². The van der Waals surface area contributed by atoms with Crippen molar-refractivity contribution >= 4 is 11.6 Å². The Morgan fingerprint density at radius 1 is 1.25 bits per heavy atom. The first kappa shape index (κ1) is 13.6. The third-order valence-electron chi connectivity index (χ3n) is 4.31. The monoisotopic (exact) mass is 275 g/mol. The Labute approximate surface area is 121 Å². The van der Waals surface area contributed by atoms with Crippen LogP contribution in [-0.2, 0) is 0 Å². The summed E-state index contributed by atoms with van der Waals surface area (Å²) in [6, 6.07) is 0.714. The van der Waals surface area contributed by atoms with E-state index < -0.39 is 0 Å². The molecular weight excluding hydrogens is 250 g/mol. The standard InChI is InChI=1S/C15H25N5/c1-2-6-17-14-10-16-11-15(18-14)20-9-4-8-19-7-3-5-13(19)12-20/h10-11,13H,2-9,12H2,1H3,(H,17,18). The van der Waals surface area contributed by atoms with Crippen LogP contribution in [0.4, 0.5) is 11.6 Å². The molecule has 3 rings (SSSR count). The SMILES string of the molecule is CCCNc1cncc(N2CCCN3CCCC3C2)n1. The molecule has 2 saturated heterocycles. The smallest absolute Gasteiger partial charge is 0.149 e. The minimum Gasteiger partial charge on any atom is -0.369 e. The molecule has 1 unspecified atom stereocenters. The van der Waals surface area contributed by atoms with Gasteiger partial charge in [0.2, 0.25) is 0 Å². The third-order valence-corrected chi connectivity index (χ3v) is 4.31. The molecule has 5 heteroatoms. The fraction of sp³-hybridized carbons (Fsp3) is 0.733. The Morgan fingerprint density at radius 2 is 2.15 bits per heavy atom. The van der Waals surface area contributed by atoms with Crippen LogP contribution in [0.3, 0.4) is 0 Å². The molecular formula is C15H25N5. The van der Waals surface area contributed by atoms with E-state index in [4.69, 9.17) is 4.98 Å². The molecule has 0 aromatic carbocycles. The molecule has 0 aliphatic carbocycles. The first-order valence-electron chi connectivity index (χ1n) is 7.91. The number of fused-ring (bicyclic) bond motifs is 1. The van der Waals surface area contributed by atoms with E-state index in [1.165, 1.54) is 32.4 Å². The van der Waals surface area contributed by atoms with Gasteiger partial charge < -0.3 is 10.2 Å². The summed E-state index contributed by atoms with van der Waals surface area (Å²) in [5.41, 5.74) is 0. The third kappa shape index (κ3) is 3.03. The summed E-state index contributed by atoms with van der Waals surface area (Å²) >= 11 is 0. The van der Waals surface area contributed by atoms with E-state index in [-0.39, 0.29) is 0 Å². The van der Waals surface area contributed by atoms with Crippen molar-refractivity contribution in [3.05, 3.63) is 12.4 Å². The van der Waals surface area contributed by atoms with E-state index >= 15 is 0 Å². The van der Waals surface area contributed by atoms with E-state index in [0.29, 0.717) is 6.04 Å². The van der Waals surface area contributed by atoms with E-state index in [1.807, 2.05) is 12.4 Å². The zero-order chi connectivity index (χ0) is 13.8. The maximum atomic E-state index is 4.72. The lowest BCUT2D eigenvalue weighted by molar-refractivity contribution is 0.273. The van der Waals surface area contributed by atoms with Gasteiger partial charge in [-0.25, -0.2) is 4.98 Å². The molecule has 0 saturated carbocycles. The summed E-state index contributed by atoms with van der Waals surface area (Å²) in [5.74, 6) is 1.93. The number of aromatic nitrogens is 2. The normalized spacial score (nSPS) is 23.4. The number of hydrogen-bond acceptors (Lipinski definition) is 5. The molecule has 1 N–H and O–H groups in total. The molecule has 1 aromatic rings. The van der Waals surface area contributed by atoms with Gasteiger partial charge in [-0.05, 0) is 32.2 Å². The van der Waals surface area contributed by atoms with E-state index in [0.717, 1.165) is 37.7 Å². The molecule has 20 heavy (non-hydrogen) atoms. The molecule has 0 radical (unpaired) electrons. The average Bonchev–Trinajstić information content (AvgIpc) is 2.82. The summed E-state index contributed by atoms with van der Waals surface area (Å²) in [5, 5.41) is 3.33. The topological polar surface area (TPSA) is 44.3 Å². The van der Waals surface area contributed by atoms with Crippen LogP contribution in [0.5, 0.6) is 0 Å². The first-order chi connectivity index (χ1) is 9.86. The zero-order valence-electron chi connectivity index (χ0n) is 12.4. The van der Waals surface area contributed by atoms with Gasteiger partial charge in [0.05, 0.1) is 12.4 Å². The van der Waals surface area contributed by atoms with Gasteiger partial charge in [-0.3, -0.25) is 9.88 Å². The van der Waals surface area contributed by atoms with Crippen molar-refractivity contribution < 1.29 is 0 Å². The number of anilines is 2. The number of rotatable bonds is 4. The minimum atomic E-state index is 0.714. The Bertz CT molecular complexity index is 436. The Kier molecular flexibility index (Phi) is 4.35. The molecule has 1 atom stereocenters. The molecule has 2 aliphatic heterocycles. The van der Waals surface area contributed by atoms with Crippen LogP contribution in [-0.4, -0.2) is 53.6 Å². The van der Waals surface area contributed by atoms with Gasteiger partial charge in [0.15, 0.2) is 0 Å². The van der Waals surface area contributed by atoms with Gasteiger partial charge in [-0.1, -0.05) is 6.92 Å². The van der Waals surface area contributed by atoms with Crippen LogP contribution in [0.25, 0.3) is 0 Å². The summed E-state index contributed by atoms with van der Waals surface area (Å²) in [4.78, 5) is 14.1. The minimum absolute atomic E-state index is 0.714. The van der Waals surface area contributed by atoms with E-state index in [1.54, 1.807) is 0 Å². The predicted molar refractivity (Wildman–Crippen MR) is 82.2 cm³/mol. The molecule has 0 bridgehead atoms. The molecule has 1 aromatic heterocycles. The van der Waals surface area contributed by atoms with Crippen LogP contribution < -0.4 is 10.2 Å². The van der Waals surface area contributed by atoms with Crippen molar-refractivity contribution in [2.24, 2.45) is 0 Å². The van der Waals surface area contributed by atoms with Crippen LogP contribution in [0, 0.1) is 0 Å². The van der Waals surface area contributed by atoms with Crippen LogP contribution in [0.15, 0.2) is 12.4 Å². The highest BCUT2D eigenvalue weighted by molar-refractivity contribution is 5.44. The van der Waals surface area contributed by atoms with Crippen LogP contribution >= 0.6 is 0 Å². The highest BCUT2D eigenvalue weighted by atomic mass is 15.3. The zero-order valence-corrected chi connectivity index (χ0v) is 12.4. The Hall–Kier alpha value is -1.36. The van der Waals surface area contributed by atoms with Crippen molar-refractivity contribution in [3.8, 4) is 0 Å². The lowest BCUT2D eigenvalue weighted by Crippen LogP contribution is -2.37. The average molecular weight is 275 g/mol. The largest absolute Gasteiger partial charge is 0.369 e. The summed E-state index contributed by atoms with van der Waals surface area (Å²) in [6.45, 7) is 7.83. The summed E-state index contributed by atoms with van der Waals surface area (Å²) in [7, 11) is 0. The van der Waals surface area contributed by atoms with Gasteiger partial charge in [0.25, 0.3) is 0 Å². The van der Waals surface area contributed by atoms with Crippen molar-refractivity contribution in [1.29, 1.82) is 0 Å². The first-order valence-corrected chi connectivity index (χ1v) is 7.91. The highest BCUT2D eigenvalue weighted by Crippen LogP contribution is 2.24. The second-order valence-electron chi connectivity index (χ2n) is 5.82. The van der Waals surface area contributed by atoms with Gasteiger partial charge in [-0.15, -0.1) is 0 Å². The molecule has 5 nitrogen and oxygen atoms in total. The highest BCUT2D eigenvalue weighted by Gasteiger charge is 2.29. The van der Waals surface area contributed by atoms with Gasteiger partial charge in [0, 0.05) is 32.2 Å². The van der Waals surface area contributed by atoms with Crippen molar-refractivity contribution in [3.63, 3.8) is 0 Å². The predicted octanol–water partition coefficient (Wildman–Crippen LogP) is 1.97. The van der Waals surface area contributed by atoms with Crippen molar-refractivity contribution in [1.82, 2.24) is 14.9 Å². The van der Waals surface area contributed by atoms with Gasteiger partial charge in [0.1, 0.15) is 11.6 Å². The maximum absolute atomic E-state index is 4.72. The van der Waals surface area contributed by atoms with Crippen molar-refractivity contribution in [2.75, 3.05) is 42.9 Å². The Morgan fingerprint density at radius 3 is 3.05 bits per heavy atom. The quantitative estimate of drug-likeness (QED) is 0.910. The maximum Gasteiger partial charge on any atom is 0.149 e. The van der Waals surface area contributed by atoms with Gasteiger partial charge >= 0.3 is 0 Å². The molecule has 3 heterocycles. The Balaban J connectivity index is 1.70. The lowest BCUT2D eigenvalue weighted by Gasteiger charge is -2.26.